The van der Waals surface area contributed by atoms with E-state index in [4.69, 9.17) is 0 Å². The lowest BCUT2D eigenvalue weighted by Crippen LogP contribution is -2.27. The molecule has 0 aromatic carbocycles. The average molecular weight is 154 g/mol. The van der Waals surface area contributed by atoms with Gasteiger partial charge in [-0.1, -0.05) is 0 Å². The molecule has 5 heteroatoms. The first kappa shape index (κ1) is 7.53. The molecule has 0 radical (unpaired) electrons. The van der Waals surface area contributed by atoms with E-state index in [1.54, 1.807) is 0 Å². The van der Waals surface area contributed by atoms with Crippen molar-refractivity contribution in [3.63, 3.8) is 0 Å². The summed E-state index contributed by atoms with van der Waals surface area (Å²) in [7, 11) is 0. The second-order valence-electron chi connectivity index (χ2n) is 2.08. The molecule has 0 saturated carbocycles. The van der Waals surface area contributed by atoms with Crippen LogP contribution in [0.4, 0.5) is 13.2 Å². The molecular weight excluding hydrogens is 149 g/mol. The minimum absolute atomic E-state index is 0.399. The van der Waals surface area contributed by atoms with E-state index in [0.717, 1.165) is 0 Å². The van der Waals surface area contributed by atoms with Crippen molar-refractivity contribution in [3.05, 3.63) is 0 Å². The van der Waals surface area contributed by atoms with Crippen LogP contribution in [0.15, 0.2) is 0 Å². The van der Waals surface area contributed by atoms with E-state index >= 15 is 0 Å². The van der Waals surface area contributed by atoms with E-state index in [9.17, 15) is 18.0 Å². The van der Waals surface area contributed by atoms with Crippen molar-refractivity contribution in [3.8, 4) is 0 Å². The SMILES string of the molecule is O=C1COC(C(F)(F)F)C1. The first-order valence-corrected chi connectivity index (χ1v) is 2.70. The van der Waals surface area contributed by atoms with Crippen molar-refractivity contribution in [2.75, 3.05) is 6.61 Å². The smallest absolute Gasteiger partial charge is 0.361 e. The van der Waals surface area contributed by atoms with Crippen molar-refractivity contribution in [2.45, 2.75) is 18.7 Å². The van der Waals surface area contributed by atoms with Gasteiger partial charge < -0.3 is 4.74 Å². The monoisotopic (exact) mass is 154 g/mol. The van der Waals surface area contributed by atoms with Gasteiger partial charge in [0.05, 0.1) is 0 Å². The highest BCUT2D eigenvalue weighted by molar-refractivity contribution is 5.81. The summed E-state index contributed by atoms with van der Waals surface area (Å²) in [5.74, 6) is -0.484. The summed E-state index contributed by atoms with van der Waals surface area (Å²) in [6, 6.07) is 0. The van der Waals surface area contributed by atoms with Crippen LogP contribution in [0.5, 0.6) is 0 Å². The molecule has 0 spiro atoms. The number of ketones is 1. The van der Waals surface area contributed by atoms with Gasteiger partial charge in [0, 0.05) is 6.42 Å². The third kappa shape index (κ3) is 1.47. The Morgan fingerprint density at radius 2 is 2.10 bits per heavy atom. The molecule has 1 aliphatic heterocycles. The molecular formula is C5H5F3O2. The number of carbonyl (C=O) groups is 1. The molecule has 0 aliphatic carbocycles. The highest BCUT2D eigenvalue weighted by Crippen LogP contribution is 2.28. The zero-order valence-electron chi connectivity index (χ0n) is 4.94. The molecule has 1 aliphatic rings. The Labute approximate surface area is 55.0 Å². The van der Waals surface area contributed by atoms with Crippen LogP contribution in [0.3, 0.4) is 0 Å². The fourth-order valence-electron chi connectivity index (χ4n) is 0.728. The molecule has 1 fully saturated rings. The fraction of sp³-hybridized carbons (Fsp3) is 0.800. The van der Waals surface area contributed by atoms with Crippen LogP contribution in [-0.2, 0) is 9.53 Å². The number of Topliss-reactive ketones (excluding diaryl/α,β-unsaturated/α-hetero) is 1. The minimum atomic E-state index is -4.38. The van der Waals surface area contributed by atoms with E-state index in [1.807, 2.05) is 0 Å². The van der Waals surface area contributed by atoms with Crippen LogP contribution >= 0.6 is 0 Å². The summed E-state index contributed by atoms with van der Waals surface area (Å²) in [5, 5.41) is 0. The lowest BCUT2D eigenvalue weighted by molar-refractivity contribution is -0.206. The molecule has 58 valence electrons. The predicted octanol–water partition coefficient (Wildman–Crippen LogP) is 0.907. The van der Waals surface area contributed by atoms with Crippen LogP contribution in [0, 0.1) is 0 Å². The van der Waals surface area contributed by atoms with Crippen LogP contribution < -0.4 is 0 Å². The average Bonchev–Trinajstić information content (AvgIpc) is 2.11. The molecule has 0 aromatic heterocycles. The molecule has 10 heavy (non-hydrogen) atoms. The molecule has 0 aromatic rings. The summed E-state index contributed by atoms with van der Waals surface area (Å²) >= 11 is 0. The van der Waals surface area contributed by atoms with E-state index < -0.39 is 31.1 Å². The minimum Gasteiger partial charge on any atom is -0.361 e. The topological polar surface area (TPSA) is 26.3 Å². The van der Waals surface area contributed by atoms with Gasteiger partial charge in [0.25, 0.3) is 0 Å². The van der Waals surface area contributed by atoms with Gasteiger partial charge in [-0.3, -0.25) is 4.79 Å². The van der Waals surface area contributed by atoms with E-state index in [1.165, 1.54) is 0 Å². The third-order valence-electron chi connectivity index (χ3n) is 1.22. The number of hydrogen-bond acceptors (Lipinski definition) is 2. The Balaban J connectivity index is 2.53. The zero-order chi connectivity index (χ0) is 7.78. The maximum Gasteiger partial charge on any atom is 0.415 e. The quantitative estimate of drug-likeness (QED) is 0.518. The Morgan fingerprint density at radius 1 is 1.50 bits per heavy atom. The van der Waals surface area contributed by atoms with Gasteiger partial charge in [-0.25, -0.2) is 0 Å². The largest absolute Gasteiger partial charge is 0.415 e. The first-order valence-electron chi connectivity index (χ1n) is 2.70. The maximum absolute atomic E-state index is 11.7. The van der Waals surface area contributed by atoms with E-state index in [0.29, 0.717) is 0 Å². The molecule has 0 amide bonds. The maximum atomic E-state index is 11.7. The first-order chi connectivity index (χ1) is 4.50. The number of alkyl halides is 3. The molecule has 1 atom stereocenters. The van der Waals surface area contributed by atoms with Crippen molar-refractivity contribution in [2.24, 2.45) is 0 Å². The van der Waals surface area contributed by atoms with Crippen LogP contribution in [0.25, 0.3) is 0 Å². The number of rotatable bonds is 0. The Hall–Kier alpha value is -0.580. The summed E-state index contributed by atoms with van der Waals surface area (Å²) in [5.41, 5.74) is 0. The van der Waals surface area contributed by atoms with Gasteiger partial charge in [0.2, 0.25) is 0 Å². The van der Waals surface area contributed by atoms with Gasteiger partial charge >= 0.3 is 6.18 Å². The Kier molecular flexibility index (Phi) is 1.68. The second kappa shape index (κ2) is 2.23. The van der Waals surface area contributed by atoms with Crippen molar-refractivity contribution in [1.29, 1.82) is 0 Å². The van der Waals surface area contributed by atoms with E-state index in [-0.39, 0.29) is 0 Å². The molecule has 1 heterocycles. The predicted molar refractivity (Wildman–Crippen MR) is 25.4 cm³/mol. The summed E-state index contributed by atoms with van der Waals surface area (Å²) in [4.78, 5) is 10.3. The van der Waals surface area contributed by atoms with Crippen LogP contribution in [0.2, 0.25) is 0 Å². The Morgan fingerprint density at radius 3 is 2.30 bits per heavy atom. The fourth-order valence-corrected chi connectivity index (χ4v) is 0.728. The lowest BCUT2D eigenvalue weighted by atomic mass is 10.2. The summed E-state index contributed by atoms with van der Waals surface area (Å²) in [6.07, 6.45) is -6.77. The second-order valence-corrected chi connectivity index (χ2v) is 2.08. The van der Waals surface area contributed by atoms with Gasteiger partial charge in [0.15, 0.2) is 11.9 Å². The van der Waals surface area contributed by atoms with Crippen molar-refractivity contribution >= 4 is 5.78 Å². The van der Waals surface area contributed by atoms with Crippen molar-refractivity contribution in [1.82, 2.24) is 0 Å². The van der Waals surface area contributed by atoms with Gasteiger partial charge in [-0.2, -0.15) is 13.2 Å². The Bertz CT molecular complexity index is 151. The summed E-state index contributed by atoms with van der Waals surface area (Å²) < 4.78 is 39.1. The zero-order valence-corrected chi connectivity index (χ0v) is 4.94. The number of ether oxygens (including phenoxy) is 1. The van der Waals surface area contributed by atoms with Gasteiger partial charge in [0.1, 0.15) is 6.61 Å². The van der Waals surface area contributed by atoms with Crippen LogP contribution in [0.1, 0.15) is 6.42 Å². The highest BCUT2D eigenvalue weighted by atomic mass is 19.4. The third-order valence-corrected chi connectivity index (χ3v) is 1.22. The highest BCUT2D eigenvalue weighted by Gasteiger charge is 2.45. The molecule has 0 N–H and O–H groups in total. The van der Waals surface area contributed by atoms with Crippen molar-refractivity contribution < 1.29 is 22.7 Å². The van der Waals surface area contributed by atoms with Gasteiger partial charge in [-0.05, 0) is 0 Å². The van der Waals surface area contributed by atoms with Crippen LogP contribution in [-0.4, -0.2) is 24.7 Å². The molecule has 1 unspecified atom stereocenters. The summed E-state index contributed by atoms with van der Waals surface area (Å²) in [6.45, 7) is -0.399. The normalized spacial score (nSPS) is 27.5. The number of carbonyl (C=O) groups excluding carboxylic acids is 1. The molecule has 2 nitrogen and oxygen atoms in total. The lowest BCUT2D eigenvalue weighted by Gasteiger charge is -2.11. The van der Waals surface area contributed by atoms with E-state index in [2.05, 4.69) is 4.74 Å². The number of halogens is 3. The van der Waals surface area contributed by atoms with Gasteiger partial charge in [-0.15, -0.1) is 0 Å². The molecule has 0 bridgehead atoms. The standard InChI is InChI=1S/C5H5F3O2/c6-5(7,8)4-1-3(9)2-10-4/h4H,1-2H2. The number of hydrogen-bond donors (Lipinski definition) is 0. The molecule has 1 saturated heterocycles. The molecule has 1 rings (SSSR count).